The van der Waals surface area contributed by atoms with E-state index in [2.05, 4.69) is 34.6 Å². The monoisotopic (exact) mass is 473 g/mol. The number of carbonyl (C=O) groups excluding carboxylic acids is 1. The Bertz CT molecular complexity index is 1160. The maximum atomic E-state index is 13.2. The van der Waals surface area contributed by atoms with Gasteiger partial charge in [0.25, 0.3) is 0 Å². The van der Waals surface area contributed by atoms with Crippen LogP contribution >= 0.6 is 11.3 Å². The average Bonchev–Trinajstić information content (AvgIpc) is 3.26. The van der Waals surface area contributed by atoms with Crippen LogP contribution in [0.15, 0.2) is 84.9 Å². The number of fused-ring (bicyclic) bond motifs is 1. The summed E-state index contributed by atoms with van der Waals surface area (Å²) in [5, 5.41) is 12.5. The van der Waals surface area contributed by atoms with Crippen LogP contribution in [0.3, 0.4) is 0 Å². The normalized spacial score (nSPS) is 11.0. The number of amides is 2. The van der Waals surface area contributed by atoms with Crippen molar-refractivity contribution in [2.75, 3.05) is 18.4 Å². The van der Waals surface area contributed by atoms with Gasteiger partial charge in [-0.25, -0.2) is 9.78 Å². The van der Waals surface area contributed by atoms with Crippen LogP contribution in [0.25, 0.3) is 10.2 Å². The second-order valence-corrected chi connectivity index (χ2v) is 9.09. The molecule has 0 radical (unpaired) electrons. The number of benzene rings is 3. The first kappa shape index (κ1) is 23.4. The number of anilines is 1. The second-order valence-electron chi connectivity index (χ2n) is 8.06. The van der Waals surface area contributed by atoms with Crippen LogP contribution < -0.4 is 5.32 Å². The molecule has 4 aromatic rings. The molecule has 0 aliphatic rings. The van der Waals surface area contributed by atoms with Gasteiger partial charge in [-0.15, -0.1) is 0 Å². The number of carboxylic acid groups (broad SMARTS) is 1. The van der Waals surface area contributed by atoms with E-state index in [-0.39, 0.29) is 18.4 Å². The topological polar surface area (TPSA) is 82.5 Å². The fraction of sp³-hybridized carbons (Fsp3) is 0.222. The number of para-hydroxylation sites is 1. The third-order valence-electron chi connectivity index (χ3n) is 5.71. The molecule has 1 heterocycles. The largest absolute Gasteiger partial charge is 0.481 e. The zero-order valence-corrected chi connectivity index (χ0v) is 19.6. The lowest BCUT2D eigenvalue weighted by Gasteiger charge is -2.26. The summed E-state index contributed by atoms with van der Waals surface area (Å²) in [7, 11) is 0. The molecule has 0 unspecified atom stereocenters. The van der Waals surface area contributed by atoms with Crippen LogP contribution in [0.5, 0.6) is 0 Å². The minimum Gasteiger partial charge on any atom is -0.481 e. The lowest BCUT2D eigenvalue weighted by atomic mass is 9.88. The summed E-state index contributed by atoms with van der Waals surface area (Å²) >= 11 is 1.43. The van der Waals surface area contributed by atoms with Crippen LogP contribution in [0, 0.1) is 0 Å². The molecule has 6 nitrogen and oxygen atoms in total. The SMILES string of the molecule is O=C(O)CCCN(CCC(c1ccccc1)c1ccccc1)C(=O)Nc1nc2ccccc2s1. The number of hydrogen-bond acceptors (Lipinski definition) is 4. The number of nitrogens with zero attached hydrogens (tertiary/aromatic N) is 2. The number of hydrogen-bond donors (Lipinski definition) is 2. The lowest BCUT2D eigenvalue weighted by Crippen LogP contribution is -2.37. The number of thiazole rings is 1. The van der Waals surface area contributed by atoms with E-state index in [1.165, 1.54) is 22.5 Å². The van der Waals surface area contributed by atoms with Gasteiger partial charge in [0.15, 0.2) is 5.13 Å². The molecular formula is C27H27N3O3S. The number of aliphatic carboxylic acids is 1. The van der Waals surface area contributed by atoms with Crippen molar-refractivity contribution < 1.29 is 14.7 Å². The predicted octanol–water partition coefficient (Wildman–Crippen LogP) is 6.22. The molecule has 1 aromatic heterocycles. The Kier molecular flexibility index (Phi) is 7.88. The van der Waals surface area contributed by atoms with Crippen molar-refractivity contribution in [1.82, 2.24) is 9.88 Å². The Balaban J connectivity index is 1.50. The molecule has 0 saturated carbocycles. The minimum atomic E-state index is -0.863. The Morgan fingerprint density at radius 1 is 0.882 bits per heavy atom. The molecule has 4 rings (SSSR count). The Morgan fingerprint density at radius 2 is 1.50 bits per heavy atom. The Hall–Kier alpha value is -3.71. The van der Waals surface area contributed by atoms with Crippen LogP contribution in [0.1, 0.15) is 36.3 Å². The van der Waals surface area contributed by atoms with Crippen molar-refractivity contribution in [3.8, 4) is 0 Å². The fourth-order valence-electron chi connectivity index (χ4n) is 4.01. The highest BCUT2D eigenvalue weighted by molar-refractivity contribution is 7.22. The van der Waals surface area contributed by atoms with Gasteiger partial charge in [-0.3, -0.25) is 10.1 Å². The quantitative estimate of drug-likeness (QED) is 0.287. The minimum absolute atomic E-state index is 0.0196. The van der Waals surface area contributed by atoms with Crippen molar-refractivity contribution in [3.63, 3.8) is 0 Å². The molecule has 3 aromatic carbocycles. The maximum absolute atomic E-state index is 13.2. The van der Waals surface area contributed by atoms with E-state index in [0.717, 1.165) is 10.2 Å². The number of carboxylic acids is 1. The standard InChI is InChI=1S/C27H27N3O3S/c31-25(32)16-9-18-30(27(33)29-26-28-23-14-7-8-15-24(23)34-26)19-17-22(20-10-3-1-4-11-20)21-12-5-2-6-13-21/h1-8,10-15,22H,9,16-19H2,(H,31,32)(H,28,29,33). The van der Waals surface area contributed by atoms with Gasteiger partial charge in [0.1, 0.15) is 0 Å². The van der Waals surface area contributed by atoms with E-state index < -0.39 is 5.97 Å². The van der Waals surface area contributed by atoms with Gasteiger partial charge in [0, 0.05) is 25.4 Å². The number of carbonyl (C=O) groups is 2. The zero-order chi connectivity index (χ0) is 23.8. The van der Waals surface area contributed by atoms with E-state index in [1.54, 1.807) is 4.90 Å². The number of aromatic nitrogens is 1. The molecule has 2 N–H and O–H groups in total. The lowest BCUT2D eigenvalue weighted by molar-refractivity contribution is -0.137. The summed E-state index contributed by atoms with van der Waals surface area (Å²) < 4.78 is 1.00. The van der Waals surface area contributed by atoms with Gasteiger partial charge in [0.05, 0.1) is 10.2 Å². The highest BCUT2D eigenvalue weighted by Gasteiger charge is 2.20. The summed E-state index contributed by atoms with van der Waals surface area (Å²) in [5.74, 6) is -0.738. The van der Waals surface area contributed by atoms with Crippen LogP contribution in [0.2, 0.25) is 0 Å². The summed E-state index contributed by atoms with van der Waals surface area (Å²) in [6.45, 7) is 0.851. The molecule has 7 heteroatoms. The molecule has 0 fully saturated rings. The molecular weight excluding hydrogens is 446 g/mol. The number of urea groups is 1. The van der Waals surface area contributed by atoms with Gasteiger partial charge in [-0.2, -0.15) is 0 Å². The maximum Gasteiger partial charge on any atom is 0.323 e. The third kappa shape index (κ3) is 6.20. The van der Waals surface area contributed by atoms with E-state index in [9.17, 15) is 9.59 Å². The second kappa shape index (κ2) is 11.4. The third-order valence-corrected chi connectivity index (χ3v) is 6.66. The predicted molar refractivity (Wildman–Crippen MR) is 136 cm³/mol. The number of rotatable bonds is 10. The Morgan fingerprint density at radius 3 is 2.12 bits per heavy atom. The van der Waals surface area contributed by atoms with Gasteiger partial charge in [-0.1, -0.05) is 84.1 Å². The highest BCUT2D eigenvalue weighted by Crippen LogP contribution is 2.29. The van der Waals surface area contributed by atoms with Gasteiger partial charge < -0.3 is 10.0 Å². The first-order valence-electron chi connectivity index (χ1n) is 11.3. The van der Waals surface area contributed by atoms with Gasteiger partial charge >= 0.3 is 12.0 Å². The van der Waals surface area contributed by atoms with Crippen molar-refractivity contribution in [1.29, 1.82) is 0 Å². The van der Waals surface area contributed by atoms with E-state index >= 15 is 0 Å². The van der Waals surface area contributed by atoms with Gasteiger partial charge in [-0.05, 0) is 36.1 Å². The van der Waals surface area contributed by atoms with Crippen molar-refractivity contribution in [2.24, 2.45) is 0 Å². The summed E-state index contributed by atoms with van der Waals surface area (Å²) in [6.07, 6.45) is 1.13. The smallest absolute Gasteiger partial charge is 0.323 e. The average molecular weight is 474 g/mol. The molecule has 0 bridgehead atoms. The summed E-state index contributed by atoms with van der Waals surface area (Å²) in [6, 6.07) is 28.0. The van der Waals surface area contributed by atoms with Crippen LogP contribution in [0.4, 0.5) is 9.93 Å². The first-order chi connectivity index (χ1) is 16.6. The Labute approximate surface area is 202 Å². The zero-order valence-electron chi connectivity index (χ0n) is 18.8. The van der Waals surface area contributed by atoms with Crippen LogP contribution in [-0.2, 0) is 4.79 Å². The van der Waals surface area contributed by atoms with Crippen molar-refractivity contribution >= 4 is 38.7 Å². The van der Waals surface area contributed by atoms with Crippen molar-refractivity contribution in [2.45, 2.75) is 25.2 Å². The number of nitrogens with one attached hydrogen (secondary N) is 1. The molecule has 0 aliphatic heterocycles. The molecule has 0 saturated heterocycles. The first-order valence-corrected chi connectivity index (χ1v) is 12.1. The molecule has 0 aliphatic carbocycles. The fourth-order valence-corrected chi connectivity index (χ4v) is 4.87. The van der Waals surface area contributed by atoms with Crippen molar-refractivity contribution in [3.05, 3.63) is 96.1 Å². The highest BCUT2D eigenvalue weighted by atomic mass is 32.1. The van der Waals surface area contributed by atoms with E-state index in [0.29, 0.717) is 31.1 Å². The summed E-state index contributed by atoms with van der Waals surface area (Å²) in [5.41, 5.74) is 3.21. The molecule has 0 spiro atoms. The van der Waals surface area contributed by atoms with Gasteiger partial charge in [0.2, 0.25) is 0 Å². The molecule has 2 amide bonds. The molecule has 0 atom stereocenters. The van der Waals surface area contributed by atoms with E-state index in [1.807, 2.05) is 60.7 Å². The van der Waals surface area contributed by atoms with E-state index in [4.69, 9.17) is 5.11 Å². The molecule has 174 valence electrons. The van der Waals surface area contributed by atoms with Crippen LogP contribution in [-0.4, -0.2) is 40.1 Å². The summed E-state index contributed by atoms with van der Waals surface area (Å²) in [4.78, 5) is 30.4. The molecule has 34 heavy (non-hydrogen) atoms.